The number of amides is 1. The molecule has 0 bridgehead atoms. The van der Waals surface area contributed by atoms with Crippen LogP contribution < -0.4 is 20.1 Å². The number of anilines is 3. The second-order valence-electron chi connectivity index (χ2n) is 11.7. The first-order valence-corrected chi connectivity index (χ1v) is 16.0. The first-order valence-electron chi connectivity index (χ1n) is 16.0. The summed E-state index contributed by atoms with van der Waals surface area (Å²) in [6.07, 6.45) is 0.454. The Balaban J connectivity index is 1.19. The van der Waals surface area contributed by atoms with E-state index in [1.54, 1.807) is 6.07 Å². The van der Waals surface area contributed by atoms with E-state index < -0.39 is 24.8 Å². The van der Waals surface area contributed by atoms with Crippen LogP contribution in [0.2, 0.25) is 0 Å². The van der Waals surface area contributed by atoms with Crippen molar-refractivity contribution in [1.82, 2.24) is 14.9 Å². The first-order chi connectivity index (χ1) is 23.1. The number of nitrogens with zero attached hydrogens (tertiary/aromatic N) is 3. The minimum atomic E-state index is -4.93. The third-order valence-electron chi connectivity index (χ3n) is 8.39. The number of nitrogens with one attached hydrogen (secondary N) is 2. The van der Waals surface area contributed by atoms with E-state index in [0.717, 1.165) is 35.4 Å². The third-order valence-corrected chi connectivity index (χ3v) is 8.39. The van der Waals surface area contributed by atoms with Crippen LogP contribution in [0.5, 0.6) is 11.5 Å². The maximum absolute atomic E-state index is 13.3. The summed E-state index contributed by atoms with van der Waals surface area (Å²) in [6, 6.07) is 16.9. The van der Waals surface area contributed by atoms with E-state index in [4.69, 9.17) is 9.47 Å². The van der Waals surface area contributed by atoms with Crippen LogP contribution in [0.15, 0.2) is 66.9 Å². The molecule has 1 aromatic heterocycles. The van der Waals surface area contributed by atoms with Crippen LogP contribution in [0, 0.1) is 20.8 Å². The minimum Gasteiger partial charge on any atom is -0.494 e. The fraction of sp³-hybridized carbons (Fsp3) is 0.361. The van der Waals surface area contributed by atoms with E-state index in [1.807, 2.05) is 57.2 Å². The van der Waals surface area contributed by atoms with Crippen LogP contribution in [0.3, 0.4) is 0 Å². The fourth-order valence-electron chi connectivity index (χ4n) is 5.63. The standard InChI is InChI=1S/C36H40F3N5O4/c1-24-11-16-29(26(3)25(24)2)30-9-7-10-32(48-36(37,38)39)31(30)23-47-35(45)43-33-17-18-40-34(42-33)41-27-12-14-28(15-13-27)46-22-8-21-44-19-5-4-6-20-44/h7,9-18H,4-6,8,19-23H2,1-3H3,(H2,40,41,42,43,45). The molecule has 4 aromatic rings. The van der Waals surface area contributed by atoms with Gasteiger partial charge in [0.15, 0.2) is 0 Å². The Labute approximate surface area is 278 Å². The van der Waals surface area contributed by atoms with Crippen molar-refractivity contribution in [2.75, 3.05) is 36.9 Å². The number of piperidine rings is 1. The molecule has 0 aliphatic carbocycles. The van der Waals surface area contributed by atoms with Crippen LogP contribution >= 0.6 is 0 Å². The lowest BCUT2D eigenvalue weighted by Crippen LogP contribution is -2.31. The molecule has 9 nitrogen and oxygen atoms in total. The van der Waals surface area contributed by atoms with Gasteiger partial charge >= 0.3 is 12.5 Å². The number of carbonyl (C=O) groups is 1. The Hall–Kier alpha value is -4.84. The molecule has 0 atom stereocenters. The summed E-state index contributed by atoms with van der Waals surface area (Å²) < 4.78 is 55.5. The Bertz CT molecular complexity index is 1690. The van der Waals surface area contributed by atoms with Crippen molar-refractivity contribution in [1.29, 1.82) is 0 Å². The number of aryl methyl sites for hydroxylation is 1. The highest BCUT2D eigenvalue weighted by atomic mass is 19.4. The molecule has 12 heteroatoms. The average molecular weight is 664 g/mol. The molecule has 0 radical (unpaired) electrons. The average Bonchev–Trinajstić information content (AvgIpc) is 3.06. The van der Waals surface area contributed by atoms with E-state index in [-0.39, 0.29) is 17.3 Å². The van der Waals surface area contributed by atoms with Crippen molar-refractivity contribution in [3.8, 4) is 22.6 Å². The maximum atomic E-state index is 13.3. The minimum absolute atomic E-state index is 0.0794. The van der Waals surface area contributed by atoms with Gasteiger partial charge in [0.1, 0.15) is 23.9 Å². The molecule has 2 N–H and O–H groups in total. The number of hydrogen-bond acceptors (Lipinski definition) is 8. The number of rotatable bonds is 12. The molecule has 1 fully saturated rings. The number of aromatic nitrogens is 2. The molecular formula is C36H40F3N5O4. The highest BCUT2D eigenvalue weighted by molar-refractivity contribution is 5.84. The molecule has 1 saturated heterocycles. The summed E-state index contributed by atoms with van der Waals surface area (Å²) in [5, 5.41) is 5.60. The topological polar surface area (TPSA) is 97.8 Å². The predicted molar refractivity (Wildman–Crippen MR) is 179 cm³/mol. The van der Waals surface area contributed by atoms with E-state index in [9.17, 15) is 18.0 Å². The van der Waals surface area contributed by atoms with Gasteiger partial charge < -0.3 is 24.4 Å². The van der Waals surface area contributed by atoms with Crippen LogP contribution in [-0.2, 0) is 11.3 Å². The molecule has 0 spiro atoms. The van der Waals surface area contributed by atoms with Crippen LogP contribution in [0.25, 0.3) is 11.1 Å². The van der Waals surface area contributed by atoms with Gasteiger partial charge in [-0.15, -0.1) is 13.2 Å². The molecule has 5 rings (SSSR count). The van der Waals surface area contributed by atoms with Gasteiger partial charge in [-0.05, 0) is 117 Å². The Kier molecular flexibility index (Phi) is 11.4. The van der Waals surface area contributed by atoms with Crippen molar-refractivity contribution in [2.45, 2.75) is 59.4 Å². The van der Waals surface area contributed by atoms with Crippen molar-refractivity contribution >= 4 is 23.5 Å². The second-order valence-corrected chi connectivity index (χ2v) is 11.7. The van der Waals surface area contributed by atoms with Crippen LogP contribution in [0.4, 0.5) is 35.4 Å². The Morgan fingerprint density at radius 3 is 2.44 bits per heavy atom. The zero-order valence-corrected chi connectivity index (χ0v) is 27.3. The number of alkyl halides is 3. The number of ether oxygens (including phenoxy) is 3. The van der Waals surface area contributed by atoms with Gasteiger partial charge in [-0.3, -0.25) is 5.32 Å². The maximum Gasteiger partial charge on any atom is 0.573 e. The van der Waals surface area contributed by atoms with Gasteiger partial charge in [0, 0.05) is 24.0 Å². The van der Waals surface area contributed by atoms with Crippen molar-refractivity contribution in [3.63, 3.8) is 0 Å². The highest BCUT2D eigenvalue weighted by Crippen LogP contribution is 2.37. The van der Waals surface area contributed by atoms with Gasteiger partial charge in [-0.2, -0.15) is 4.98 Å². The Morgan fingerprint density at radius 2 is 1.69 bits per heavy atom. The first kappa shape index (κ1) is 34.5. The molecule has 2 heterocycles. The summed E-state index contributed by atoms with van der Waals surface area (Å²) in [7, 11) is 0. The normalized spacial score (nSPS) is 13.5. The largest absolute Gasteiger partial charge is 0.573 e. The number of hydrogen-bond donors (Lipinski definition) is 2. The van der Waals surface area contributed by atoms with Crippen LogP contribution in [0.1, 0.15) is 47.9 Å². The lowest BCUT2D eigenvalue weighted by atomic mass is 9.91. The molecule has 1 aliphatic rings. The van der Waals surface area contributed by atoms with Crippen molar-refractivity contribution in [2.24, 2.45) is 0 Å². The molecule has 3 aromatic carbocycles. The summed E-state index contributed by atoms with van der Waals surface area (Å²) in [6.45, 7) is 9.35. The van der Waals surface area contributed by atoms with Crippen molar-refractivity contribution in [3.05, 3.63) is 89.1 Å². The molecule has 0 unspecified atom stereocenters. The monoisotopic (exact) mass is 663 g/mol. The number of benzene rings is 3. The van der Waals surface area contributed by atoms with Crippen molar-refractivity contribution < 1.29 is 32.2 Å². The smallest absolute Gasteiger partial charge is 0.494 e. The Morgan fingerprint density at radius 1 is 0.917 bits per heavy atom. The molecule has 254 valence electrons. The van der Waals surface area contributed by atoms with Gasteiger partial charge in [0.2, 0.25) is 5.95 Å². The summed E-state index contributed by atoms with van der Waals surface area (Å²) in [4.78, 5) is 23.8. The van der Waals surface area contributed by atoms with E-state index >= 15 is 0 Å². The molecule has 1 amide bonds. The van der Waals surface area contributed by atoms with Gasteiger partial charge in [0.25, 0.3) is 0 Å². The second kappa shape index (κ2) is 15.8. The zero-order chi connectivity index (χ0) is 34.1. The lowest BCUT2D eigenvalue weighted by Gasteiger charge is -2.26. The van der Waals surface area contributed by atoms with E-state index in [2.05, 4.69) is 30.2 Å². The van der Waals surface area contributed by atoms with Gasteiger partial charge in [-0.1, -0.05) is 30.7 Å². The summed E-state index contributed by atoms with van der Waals surface area (Å²) in [5.41, 5.74) is 4.93. The molecule has 1 aliphatic heterocycles. The van der Waals surface area contributed by atoms with Gasteiger partial charge in [-0.25, -0.2) is 9.78 Å². The number of likely N-dealkylation sites (tertiary alicyclic amines) is 1. The SMILES string of the molecule is Cc1ccc(-c2cccc(OC(F)(F)F)c2COC(=O)Nc2ccnc(Nc3ccc(OCCCN4CCCCC4)cc3)n2)c(C)c1C. The third kappa shape index (κ3) is 9.60. The quantitative estimate of drug-likeness (QED) is 0.145. The number of halogens is 3. The summed E-state index contributed by atoms with van der Waals surface area (Å²) >= 11 is 0. The number of carbonyl (C=O) groups excluding carboxylic acids is 1. The zero-order valence-electron chi connectivity index (χ0n) is 27.3. The lowest BCUT2D eigenvalue weighted by molar-refractivity contribution is -0.275. The summed E-state index contributed by atoms with van der Waals surface area (Å²) in [5.74, 6) is 0.666. The molecule has 0 saturated carbocycles. The van der Waals surface area contributed by atoms with E-state index in [1.165, 1.54) is 56.7 Å². The fourth-order valence-corrected chi connectivity index (χ4v) is 5.63. The highest BCUT2D eigenvalue weighted by Gasteiger charge is 2.33. The van der Waals surface area contributed by atoms with E-state index in [0.29, 0.717) is 23.4 Å². The predicted octanol–water partition coefficient (Wildman–Crippen LogP) is 8.71. The molecular weight excluding hydrogens is 623 g/mol. The van der Waals surface area contributed by atoms with Crippen LogP contribution in [-0.4, -0.2) is 53.6 Å². The molecule has 48 heavy (non-hydrogen) atoms. The van der Waals surface area contributed by atoms with Gasteiger partial charge in [0.05, 0.1) is 6.61 Å².